The van der Waals surface area contributed by atoms with Crippen LogP contribution in [0.1, 0.15) is 26.4 Å². The zero-order chi connectivity index (χ0) is 18.5. The van der Waals surface area contributed by atoms with Gasteiger partial charge in [0, 0.05) is 24.8 Å². The summed E-state index contributed by atoms with van der Waals surface area (Å²) in [7, 11) is 1.55. The summed E-state index contributed by atoms with van der Waals surface area (Å²) in [6.07, 6.45) is 1.47. The van der Waals surface area contributed by atoms with Gasteiger partial charge in [0.05, 0.1) is 26.0 Å². The van der Waals surface area contributed by atoms with Gasteiger partial charge in [-0.3, -0.25) is 14.6 Å². The second-order valence-corrected chi connectivity index (χ2v) is 5.99. The first kappa shape index (κ1) is 17.9. The second-order valence-electron chi connectivity index (χ2n) is 5.99. The Labute approximate surface area is 151 Å². The fourth-order valence-corrected chi connectivity index (χ4v) is 2.73. The number of carbonyl (C=O) groups excluding carboxylic acids is 2. The lowest BCUT2D eigenvalue weighted by molar-refractivity contribution is 0.0299. The van der Waals surface area contributed by atoms with Gasteiger partial charge in [0.25, 0.3) is 11.8 Å². The molecule has 7 heteroatoms. The summed E-state index contributed by atoms with van der Waals surface area (Å²) in [4.78, 5) is 30.9. The van der Waals surface area contributed by atoms with Crippen LogP contribution in [-0.2, 0) is 4.74 Å². The molecule has 1 aliphatic rings. The first-order valence-corrected chi connectivity index (χ1v) is 8.37. The standard InChI is InChI=1S/C19H21N3O4/c1-13-3-4-17(25-2)15(11-13)21-18(23)14-5-6-20-16(12-14)19(24)22-7-9-26-10-8-22/h3-6,11-12H,7-10H2,1-2H3,(H,21,23). The fourth-order valence-electron chi connectivity index (χ4n) is 2.73. The summed E-state index contributed by atoms with van der Waals surface area (Å²) in [5.41, 5.74) is 2.19. The molecule has 0 atom stereocenters. The molecule has 3 rings (SSSR count). The smallest absolute Gasteiger partial charge is 0.272 e. The third-order valence-electron chi connectivity index (χ3n) is 4.14. The predicted molar refractivity (Wildman–Crippen MR) is 96.6 cm³/mol. The van der Waals surface area contributed by atoms with Crippen LogP contribution in [0.15, 0.2) is 36.5 Å². The van der Waals surface area contributed by atoms with Crippen LogP contribution in [0.25, 0.3) is 0 Å². The number of rotatable bonds is 4. The number of ether oxygens (including phenoxy) is 2. The molecular formula is C19H21N3O4. The van der Waals surface area contributed by atoms with Crippen molar-refractivity contribution < 1.29 is 19.1 Å². The molecule has 26 heavy (non-hydrogen) atoms. The summed E-state index contributed by atoms with van der Waals surface area (Å²) in [6.45, 7) is 4.01. The highest BCUT2D eigenvalue weighted by Crippen LogP contribution is 2.25. The normalized spacial score (nSPS) is 14.0. The summed E-state index contributed by atoms with van der Waals surface area (Å²) in [5.74, 6) is 0.0473. The zero-order valence-electron chi connectivity index (χ0n) is 14.8. The number of nitrogens with one attached hydrogen (secondary N) is 1. The summed E-state index contributed by atoms with van der Waals surface area (Å²) in [5, 5.41) is 2.83. The molecule has 0 aliphatic carbocycles. The molecule has 2 aromatic rings. The molecule has 0 unspecified atom stereocenters. The number of aryl methyl sites for hydroxylation is 1. The largest absolute Gasteiger partial charge is 0.495 e. The zero-order valence-corrected chi connectivity index (χ0v) is 14.8. The highest BCUT2D eigenvalue weighted by Gasteiger charge is 2.21. The van der Waals surface area contributed by atoms with Crippen molar-refractivity contribution in [1.29, 1.82) is 0 Å². The number of carbonyl (C=O) groups is 2. The van der Waals surface area contributed by atoms with Crippen LogP contribution in [0, 0.1) is 6.92 Å². The molecule has 2 heterocycles. The lowest BCUT2D eigenvalue weighted by Crippen LogP contribution is -2.41. The molecule has 0 bridgehead atoms. The maximum atomic E-state index is 12.6. The molecule has 1 aliphatic heterocycles. The van der Waals surface area contributed by atoms with Gasteiger partial charge >= 0.3 is 0 Å². The predicted octanol–water partition coefficient (Wildman–Crippen LogP) is 2.12. The van der Waals surface area contributed by atoms with E-state index in [1.807, 2.05) is 19.1 Å². The van der Waals surface area contributed by atoms with Crippen LogP contribution in [0.4, 0.5) is 5.69 Å². The van der Waals surface area contributed by atoms with Gasteiger partial charge in [-0.2, -0.15) is 0 Å². The van der Waals surface area contributed by atoms with E-state index in [0.29, 0.717) is 43.3 Å². The van der Waals surface area contributed by atoms with Gasteiger partial charge in [-0.15, -0.1) is 0 Å². The second kappa shape index (κ2) is 7.97. The van der Waals surface area contributed by atoms with Crippen LogP contribution >= 0.6 is 0 Å². The molecule has 0 spiro atoms. The van der Waals surface area contributed by atoms with E-state index < -0.39 is 0 Å². The van der Waals surface area contributed by atoms with Crippen molar-refractivity contribution in [2.24, 2.45) is 0 Å². The van der Waals surface area contributed by atoms with E-state index in [-0.39, 0.29) is 17.5 Å². The minimum absolute atomic E-state index is 0.198. The topological polar surface area (TPSA) is 80.8 Å². The SMILES string of the molecule is COc1ccc(C)cc1NC(=O)c1ccnc(C(=O)N2CCOCC2)c1. The molecule has 0 radical (unpaired) electrons. The summed E-state index contributed by atoms with van der Waals surface area (Å²) >= 11 is 0. The van der Waals surface area contributed by atoms with Crippen LogP contribution < -0.4 is 10.1 Å². The minimum Gasteiger partial charge on any atom is -0.495 e. The Morgan fingerprint density at radius 1 is 1.19 bits per heavy atom. The average molecular weight is 355 g/mol. The van der Waals surface area contributed by atoms with Crippen molar-refractivity contribution >= 4 is 17.5 Å². The van der Waals surface area contributed by atoms with E-state index in [2.05, 4.69) is 10.3 Å². The van der Waals surface area contributed by atoms with Gasteiger partial charge in [0.2, 0.25) is 0 Å². The monoisotopic (exact) mass is 355 g/mol. The Hall–Kier alpha value is -2.93. The van der Waals surface area contributed by atoms with E-state index in [1.165, 1.54) is 12.3 Å². The lowest BCUT2D eigenvalue weighted by atomic mass is 10.1. The van der Waals surface area contributed by atoms with Gasteiger partial charge in [0.1, 0.15) is 11.4 Å². The Morgan fingerprint density at radius 3 is 2.69 bits per heavy atom. The number of benzene rings is 1. The van der Waals surface area contributed by atoms with E-state index >= 15 is 0 Å². The summed E-state index contributed by atoms with van der Waals surface area (Å²) < 4.78 is 10.5. The lowest BCUT2D eigenvalue weighted by Gasteiger charge is -2.26. The molecule has 1 aromatic carbocycles. The molecule has 0 saturated carbocycles. The molecule has 7 nitrogen and oxygen atoms in total. The van der Waals surface area contributed by atoms with E-state index in [4.69, 9.17) is 9.47 Å². The van der Waals surface area contributed by atoms with Crippen molar-refractivity contribution in [3.63, 3.8) is 0 Å². The first-order valence-electron chi connectivity index (χ1n) is 8.37. The number of amides is 2. The Morgan fingerprint density at radius 2 is 1.96 bits per heavy atom. The maximum absolute atomic E-state index is 12.6. The highest BCUT2D eigenvalue weighted by atomic mass is 16.5. The van der Waals surface area contributed by atoms with Crippen molar-refractivity contribution in [2.45, 2.75) is 6.92 Å². The highest BCUT2D eigenvalue weighted by molar-refractivity contribution is 6.06. The number of methoxy groups -OCH3 is 1. The van der Waals surface area contributed by atoms with Crippen molar-refractivity contribution in [1.82, 2.24) is 9.88 Å². The van der Waals surface area contributed by atoms with Crippen molar-refractivity contribution in [2.75, 3.05) is 38.7 Å². The molecule has 1 aromatic heterocycles. The number of pyridine rings is 1. The van der Waals surface area contributed by atoms with Crippen molar-refractivity contribution in [3.05, 3.63) is 53.3 Å². The van der Waals surface area contributed by atoms with Gasteiger partial charge < -0.3 is 19.7 Å². The number of hydrogen-bond acceptors (Lipinski definition) is 5. The molecular weight excluding hydrogens is 334 g/mol. The Kier molecular flexibility index (Phi) is 5.48. The van der Waals surface area contributed by atoms with Crippen LogP contribution in [-0.4, -0.2) is 55.1 Å². The van der Waals surface area contributed by atoms with Crippen molar-refractivity contribution in [3.8, 4) is 5.75 Å². The van der Waals surface area contributed by atoms with Gasteiger partial charge in [-0.05, 0) is 36.8 Å². The fraction of sp³-hybridized carbons (Fsp3) is 0.316. The molecule has 1 saturated heterocycles. The van der Waals surface area contributed by atoms with E-state index in [1.54, 1.807) is 24.1 Å². The first-order chi connectivity index (χ1) is 12.6. The average Bonchev–Trinajstić information content (AvgIpc) is 2.68. The quantitative estimate of drug-likeness (QED) is 0.909. The van der Waals surface area contributed by atoms with E-state index in [0.717, 1.165) is 5.56 Å². The third-order valence-corrected chi connectivity index (χ3v) is 4.14. The number of hydrogen-bond donors (Lipinski definition) is 1. The van der Waals surface area contributed by atoms with Gasteiger partial charge in [-0.25, -0.2) is 0 Å². The van der Waals surface area contributed by atoms with E-state index in [9.17, 15) is 9.59 Å². The van der Waals surface area contributed by atoms with Crippen LogP contribution in [0.2, 0.25) is 0 Å². The van der Waals surface area contributed by atoms with Gasteiger partial charge in [-0.1, -0.05) is 6.07 Å². The number of nitrogens with zero attached hydrogens (tertiary/aromatic N) is 2. The molecule has 2 amide bonds. The molecule has 1 fully saturated rings. The maximum Gasteiger partial charge on any atom is 0.272 e. The van der Waals surface area contributed by atoms with Crippen LogP contribution in [0.3, 0.4) is 0 Å². The third kappa shape index (κ3) is 4.00. The molecule has 136 valence electrons. The van der Waals surface area contributed by atoms with Crippen LogP contribution in [0.5, 0.6) is 5.75 Å². The number of anilines is 1. The number of aromatic nitrogens is 1. The van der Waals surface area contributed by atoms with Gasteiger partial charge in [0.15, 0.2) is 0 Å². The summed E-state index contributed by atoms with van der Waals surface area (Å²) in [6, 6.07) is 8.62. The molecule has 1 N–H and O–H groups in total. The Bertz CT molecular complexity index is 816. The minimum atomic E-state index is -0.327. The Balaban J connectivity index is 1.78. The number of morpholine rings is 1.